The van der Waals surface area contributed by atoms with Gasteiger partial charge in [-0.1, -0.05) is 23.7 Å². The molecule has 0 aliphatic rings. The van der Waals surface area contributed by atoms with Crippen LogP contribution in [0, 0.1) is 11.6 Å². The average Bonchev–Trinajstić information content (AvgIpc) is 2.33. The van der Waals surface area contributed by atoms with Gasteiger partial charge in [0.05, 0.1) is 5.02 Å². The molecule has 2 aromatic rings. The predicted octanol–water partition coefficient (Wildman–Crippen LogP) is 3.39. The minimum atomic E-state index is -4.36. The van der Waals surface area contributed by atoms with Crippen LogP contribution in [0.2, 0.25) is 5.02 Å². The monoisotopic (exact) mass is 304 g/mol. The lowest BCUT2D eigenvalue weighted by Gasteiger charge is -2.08. The summed E-state index contributed by atoms with van der Waals surface area (Å²) in [5, 5.41) is -0.222. The molecular formula is C12H7ClF2O3S. The van der Waals surface area contributed by atoms with Crippen LogP contribution in [0.5, 0.6) is 5.75 Å². The Kier molecular flexibility index (Phi) is 3.73. The van der Waals surface area contributed by atoms with Gasteiger partial charge in [0.25, 0.3) is 0 Å². The average molecular weight is 305 g/mol. The van der Waals surface area contributed by atoms with Crippen molar-refractivity contribution in [3.8, 4) is 5.75 Å². The zero-order valence-electron chi connectivity index (χ0n) is 9.31. The van der Waals surface area contributed by atoms with Crippen molar-refractivity contribution in [2.75, 3.05) is 0 Å². The summed E-state index contributed by atoms with van der Waals surface area (Å²) in [4.78, 5) is -0.615. The molecular weight excluding hydrogens is 298 g/mol. The van der Waals surface area contributed by atoms with E-state index in [1.54, 1.807) is 0 Å². The molecule has 0 fully saturated rings. The molecule has 0 saturated heterocycles. The minimum Gasteiger partial charge on any atom is -0.377 e. The highest BCUT2D eigenvalue weighted by atomic mass is 35.5. The Balaban J connectivity index is 2.40. The van der Waals surface area contributed by atoms with E-state index in [0.29, 0.717) is 0 Å². The summed E-state index contributed by atoms with van der Waals surface area (Å²) in [5.74, 6) is -1.85. The number of halogens is 3. The Hall–Kier alpha value is -1.66. The molecule has 0 amide bonds. The molecule has 2 rings (SSSR count). The normalized spacial score (nSPS) is 11.3. The lowest BCUT2D eigenvalue weighted by molar-refractivity contribution is 0.475. The molecule has 0 spiro atoms. The summed E-state index contributed by atoms with van der Waals surface area (Å²) in [6.45, 7) is 0. The zero-order chi connectivity index (χ0) is 14.0. The Morgan fingerprint density at radius 3 is 2.37 bits per heavy atom. The second-order valence-corrected chi connectivity index (χ2v) is 5.46. The van der Waals surface area contributed by atoms with Crippen molar-refractivity contribution in [1.82, 2.24) is 0 Å². The van der Waals surface area contributed by atoms with Crippen molar-refractivity contribution >= 4 is 21.7 Å². The largest absolute Gasteiger partial charge is 0.377 e. The van der Waals surface area contributed by atoms with Crippen molar-refractivity contribution in [3.63, 3.8) is 0 Å². The Labute approximate surface area is 113 Å². The molecule has 0 bridgehead atoms. The molecule has 0 saturated carbocycles. The third kappa shape index (κ3) is 3.02. The van der Waals surface area contributed by atoms with Crippen LogP contribution in [0.3, 0.4) is 0 Å². The third-order valence-corrected chi connectivity index (χ3v) is 3.76. The van der Waals surface area contributed by atoms with E-state index in [1.807, 2.05) is 0 Å². The van der Waals surface area contributed by atoms with E-state index in [0.717, 1.165) is 30.3 Å². The van der Waals surface area contributed by atoms with E-state index < -0.39 is 26.6 Å². The first-order valence-corrected chi connectivity index (χ1v) is 6.83. The van der Waals surface area contributed by atoms with Crippen molar-refractivity contribution in [1.29, 1.82) is 0 Å². The van der Waals surface area contributed by atoms with Crippen molar-refractivity contribution in [3.05, 3.63) is 59.1 Å². The van der Waals surface area contributed by atoms with Crippen molar-refractivity contribution < 1.29 is 21.4 Å². The van der Waals surface area contributed by atoms with E-state index >= 15 is 0 Å². The van der Waals surface area contributed by atoms with E-state index in [4.69, 9.17) is 11.6 Å². The summed E-state index contributed by atoms with van der Waals surface area (Å²) in [6.07, 6.45) is 0. The highest BCUT2D eigenvalue weighted by Crippen LogP contribution is 2.28. The van der Waals surface area contributed by atoms with Gasteiger partial charge in [0.1, 0.15) is 16.5 Å². The minimum absolute atomic E-state index is 0.222. The van der Waals surface area contributed by atoms with Crippen LogP contribution < -0.4 is 4.18 Å². The van der Waals surface area contributed by atoms with Crippen LogP contribution in [0.1, 0.15) is 0 Å². The Morgan fingerprint density at radius 1 is 1.05 bits per heavy atom. The first kappa shape index (κ1) is 13.8. The zero-order valence-corrected chi connectivity index (χ0v) is 10.9. The second-order valence-electron chi connectivity index (χ2n) is 3.54. The standard InChI is InChI=1S/C12H7ClF2O3S/c13-9-7-8(14)5-6-11(9)18-19(16,17)12-4-2-1-3-10(12)15/h1-7H. The lowest BCUT2D eigenvalue weighted by atomic mass is 10.3. The van der Waals surface area contributed by atoms with Crippen molar-refractivity contribution in [2.45, 2.75) is 4.90 Å². The molecule has 3 nitrogen and oxygen atoms in total. The predicted molar refractivity (Wildman–Crippen MR) is 65.6 cm³/mol. The summed E-state index contributed by atoms with van der Waals surface area (Å²) >= 11 is 5.64. The molecule has 0 aliphatic carbocycles. The van der Waals surface area contributed by atoms with Crippen LogP contribution in [-0.4, -0.2) is 8.42 Å². The van der Waals surface area contributed by atoms with E-state index in [1.165, 1.54) is 12.1 Å². The molecule has 19 heavy (non-hydrogen) atoms. The molecule has 0 aromatic heterocycles. The highest BCUT2D eigenvalue weighted by Gasteiger charge is 2.22. The maximum Gasteiger partial charge on any atom is 0.342 e. The summed E-state index contributed by atoms with van der Waals surface area (Å²) < 4.78 is 54.6. The number of benzene rings is 2. The Bertz CT molecular complexity index is 717. The summed E-state index contributed by atoms with van der Waals surface area (Å²) in [5.41, 5.74) is 0. The van der Waals surface area contributed by atoms with Gasteiger partial charge in [-0.15, -0.1) is 0 Å². The molecule has 0 heterocycles. The van der Waals surface area contributed by atoms with Gasteiger partial charge in [-0.25, -0.2) is 8.78 Å². The fourth-order valence-corrected chi connectivity index (χ4v) is 2.63. The fraction of sp³-hybridized carbons (Fsp3) is 0. The number of rotatable bonds is 3. The SMILES string of the molecule is O=S(=O)(Oc1ccc(F)cc1Cl)c1ccccc1F. The van der Waals surface area contributed by atoms with Gasteiger partial charge in [-0.2, -0.15) is 8.42 Å². The quantitative estimate of drug-likeness (QED) is 0.816. The maximum absolute atomic E-state index is 13.4. The van der Waals surface area contributed by atoms with Gasteiger partial charge in [0.2, 0.25) is 0 Å². The van der Waals surface area contributed by atoms with E-state index in [-0.39, 0.29) is 10.8 Å². The molecule has 0 aliphatic heterocycles. The van der Waals surface area contributed by atoms with Gasteiger partial charge in [0.15, 0.2) is 5.75 Å². The molecule has 0 N–H and O–H groups in total. The molecule has 7 heteroatoms. The number of hydrogen-bond donors (Lipinski definition) is 0. The van der Waals surface area contributed by atoms with Crippen LogP contribution in [0.4, 0.5) is 8.78 Å². The van der Waals surface area contributed by atoms with Gasteiger partial charge < -0.3 is 4.18 Å². The van der Waals surface area contributed by atoms with Crippen molar-refractivity contribution in [2.24, 2.45) is 0 Å². The van der Waals surface area contributed by atoms with Crippen LogP contribution in [0.15, 0.2) is 47.4 Å². The summed E-state index contributed by atoms with van der Waals surface area (Å²) in [6, 6.07) is 7.68. The van der Waals surface area contributed by atoms with E-state index in [9.17, 15) is 17.2 Å². The second kappa shape index (κ2) is 5.14. The number of hydrogen-bond acceptors (Lipinski definition) is 3. The first-order chi connectivity index (χ1) is 8.90. The van der Waals surface area contributed by atoms with Gasteiger partial charge in [0, 0.05) is 0 Å². The third-order valence-electron chi connectivity index (χ3n) is 2.20. The topological polar surface area (TPSA) is 43.4 Å². The smallest absolute Gasteiger partial charge is 0.342 e. The molecule has 2 aromatic carbocycles. The van der Waals surface area contributed by atoms with Crippen LogP contribution in [0.25, 0.3) is 0 Å². The highest BCUT2D eigenvalue weighted by molar-refractivity contribution is 7.87. The molecule has 100 valence electrons. The first-order valence-electron chi connectivity index (χ1n) is 5.04. The lowest BCUT2D eigenvalue weighted by Crippen LogP contribution is -2.11. The molecule has 0 radical (unpaired) electrons. The van der Waals surface area contributed by atoms with E-state index in [2.05, 4.69) is 4.18 Å². The molecule has 0 atom stereocenters. The summed E-state index contributed by atoms with van der Waals surface area (Å²) in [7, 11) is -4.36. The van der Waals surface area contributed by atoms with Gasteiger partial charge in [-0.05, 0) is 30.3 Å². The van der Waals surface area contributed by atoms with Gasteiger partial charge >= 0.3 is 10.1 Å². The maximum atomic E-state index is 13.4. The Morgan fingerprint density at radius 2 is 1.74 bits per heavy atom. The van der Waals surface area contributed by atoms with Crippen LogP contribution >= 0.6 is 11.6 Å². The fourth-order valence-electron chi connectivity index (χ4n) is 1.35. The van der Waals surface area contributed by atoms with Crippen LogP contribution in [-0.2, 0) is 10.1 Å². The molecule has 0 unspecified atom stereocenters. The van der Waals surface area contributed by atoms with Gasteiger partial charge in [-0.3, -0.25) is 0 Å².